The Kier molecular flexibility index (Phi) is 6.78. The normalized spacial score (nSPS) is 16.1. The van der Waals surface area contributed by atoms with Gasteiger partial charge in [0.2, 0.25) is 5.91 Å². The molecule has 138 valence electrons. The molecule has 0 unspecified atom stereocenters. The summed E-state index contributed by atoms with van der Waals surface area (Å²) in [5.74, 6) is 0.290. The SMILES string of the molecule is CCN(CC(=O)Nc1cccc(OC)c1)C(=O)C1(OC)CCNCC1. The lowest BCUT2D eigenvalue weighted by molar-refractivity contribution is -0.159. The van der Waals surface area contributed by atoms with Crippen molar-refractivity contribution in [1.82, 2.24) is 10.2 Å². The van der Waals surface area contributed by atoms with Gasteiger partial charge in [-0.3, -0.25) is 9.59 Å². The molecule has 0 saturated carbocycles. The zero-order valence-corrected chi connectivity index (χ0v) is 15.1. The van der Waals surface area contributed by atoms with Gasteiger partial charge < -0.3 is 25.0 Å². The van der Waals surface area contributed by atoms with Crippen LogP contribution in [0.3, 0.4) is 0 Å². The van der Waals surface area contributed by atoms with E-state index in [0.29, 0.717) is 30.8 Å². The smallest absolute Gasteiger partial charge is 0.255 e. The van der Waals surface area contributed by atoms with Crippen LogP contribution in [0, 0.1) is 0 Å². The number of hydrogen-bond acceptors (Lipinski definition) is 5. The van der Waals surface area contributed by atoms with Gasteiger partial charge in [0, 0.05) is 25.4 Å². The molecule has 0 aromatic heterocycles. The lowest BCUT2D eigenvalue weighted by atomic mass is 9.90. The van der Waals surface area contributed by atoms with Crippen LogP contribution < -0.4 is 15.4 Å². The van der Waals surface area contributed by atoms with Gasteiger partial charge in [-0.15, -0.1) is 0 Å². The van der Waals surface area contributed by atoms with Crippen molar-refractivity contribution in [1.29, 1.82) is 0 Å². The number of piperidine rings is 1. The predicted molar refractivity (Wildman–Crippen MR) is 95.7 cm³/mol. The van der Waals surface area contributed by atoms with Gasteiger partial charge >= 0.3 is 0 Å². The summed E-state index contributed by atoms with van der Waals surface area (Å²) in [5, 5.41) is 6.03. The molecule has 1 aliphatic heterocycles. The first-order valence-corrected chi connectivity index (χ1v) is 8.54. The van der Waals surface area contributed by atoms with Crippen LogP contribution in [0.15, 0.2) is 24.3 Å². The average molecular weight is 349 g/mol. The summed E-state index contributed by atoms with van der Waals surface area (Å²) in [6.07, 6.45) is 1.21. The zero-order chi connectivity index (χ0) is 18.3. The van der Waals surface area contributed by atoms with E-state index in [1.807, 2.05) is 6.92 Å². The van der Waals surface area contributed by atoms with Crippen LogP contribution in [0.5, 0.6) is 5.75 Å². The standard InChI is InChI=1S/C18H27N3O4/c1-4-21(17(23)18(25-3)8-10-19-11-9-18)13-16(22)20-14-6-5-7-15(12-14)24-2/h5-7,12,19H,4,8-11,13H2,1-3H3,(H,20,22). The van der Waals surface area contributed by atoms with E-state index in [1.54, 1.807) is 43.4 Å². The van der Waals surface area contributed by atoms with Crippen LogP contribution in [0.4, 0.5) is 5.69 Å². The molecule has 1 saturated heterocycles. The molecule has 2 amide bonds. The average Bonchev–Trinajstić information content (AvgIpc) is 2.66. The third-order valence-electron chi connectivity index (χ3n) is 4.55. The molecule has 7 nitrogen and oxygen atoms in total. The van der Waals surface area contributed by atoms with Gasteiger partial charge in [0.1, 0.15) is 11.4 Å². The monoisotopic (exact) mass is 349 g/mol. The van der Waals surface area contributed by atoms with E-state index < -0.39 is 5.60 Å². The largest absolute Gasteiger partial charge is 0.497 e. The van der Waals surface area contributed by atoms with E-state index in [1.165, 1.54) is 0 Å². The Labute approximate surface area is 148 Å². The number of amides is 2. The van der Waals surface area contributed by atoms with E-state index in [0.717, 1.165) is 13.1 Å². The molecule has 7 heteroatoms. The zero-order valence-electron chi connectivity index (χ0n) is 15.1. The maximum Gasteiger partial charge on any atom is 0.255 e. The molecule has 1 fully saturated rings. The molecular weight excluding hydrogens is 322 g/mol. The van der Waals surface area contributed by atoms with Crippen LogP contribution in [-0.4, -0.2) is 62.7 Å². The van der Waals surface area contributed by atoms with Gasteiger partial charge in [-0.1, -0.05) is 6.07 Å². The van der Waals surface area contributed by atoms with Gasteiger partial charge in [-0.25, -0.2) is 0 Å². The molecule has 0 aliphatic carbocycles. The van der Waals surface area contributed by atoms with E-state index in [2.05, 4.69) is 10.6 Å². The van der Waals surface area contributed by atoms with Crippen LogP contribution >= 0.6 is 0 Å². The molecule has 2 rings (SSSR count). The van der Waals surface area contributed by atoms with Gasteiger partial charge in [0.15, 0.2) is 0 Å². The van der Waals surface area contributed by atoms with Crippen LogP contribution in [-0.2, 0) is 14.3 Å². The number of nitrogens with one attached hydrogen (secondary N) is 2. The molecular formula is C18H27N3O4. The van der Waals surface area contributed by atoms with Crippen molar-refractivity contribution < 1.29 is 19.1 Å². The number of benzene rings is 1. The number of hydrogen-bond donors (Lipinski definition) is 2. The number of ether oxygens (including phenoxy) is 2. The first kappa shape index (κ1) is 19.2. The minimum Gasteiger partial charge on any atom is -0.497 e. The summed E-state index contributed by atoms with van der Waals surface area (Å²) >= 11 is 0. The Balaban J connectivity index is 2.02. The summed E-state index contributed by atoms with van der Waals surface area (Å²) in [5.41, 5.74) is -0.200. The van der Waals surface area contributed by atoms with Gasteiger partial charge in [-0.05, 0) is 45.0 Å². The van der Waals surface area contributed by atoms with E-state index >= 15 is 0 Å². The third-order valence-corrected chi connectivity index (χ3v) is 4.55. The second kappa shape index (κ2) is 8.82. The number of carbonyl (C=O) groups excluding carboxylic acids is 2. The quantitative estimate of drug-likeness (QED) is 0.774. The highest BCUT2D eigenvalue weighted by molar-refractivity contribution is 5.96. The molecule has 25 heavy (non-hydrogen) atoms. The van der Waals surface area contributed by atoms with Gasteiger partial charge in [-0.2, -0.15) is 0 Å². The molecule has 2 N–H and O–H groups in total. The molecule has 1 aromatic rings. The molecule has 1 heterocycles. The number of rotatable bonds is 7. The number of nitrogens with zero attached hydrogens (tertiary/aromatic N) is 1. The minimum absolute atomic E-state index is 0.00885. The van der Waals surface area contributed by atoms with Crippen molar-refractivity contribution in [3.8, 4) is 5.75 Å². The summed E-state index contributed by atoms with van der Waals surface area (Å²) in [6, 6.07) is 7.12. The number of carbonyl (C=O) groups is 2. The Morgan fingerprint density at radius 3 is 2.60 bits per heavy atom. The third kappa shape index (κ3) is 4.70. The van der Waals surface area contributed by atoms with E-state index in [-0.39, 0.29) is 18.4 Å². The van der Waals surface area contributed by atoms with Crippen molar-refractivity contribution in [3.05, 3.63) is 24.3 Å². The fourth-order valence-electron chi connectivity index (χ4n) is 3.03. The molecule has 0 spiro atoms. The highest BCUT2D eigenvalue weighted by Gasteiger charge is 2.42. The molecule has 0 atom stereocenters. The van der Waals surface area contributed by atoms with Crippen molar-refractivity contribution in [2.24, 2.45) is 0 Å². The second-order valence-electron chi connectivity index (χ2n) is 6.05. The Morgan fingerprint density at radius 2 is 2.00 bits per heavy atom. The summed E-state index contributed by atoms with van der Waals surface area (Å²) in [6.45, 7) is 3.76. The maximum atomic E-state index is 12.9. The lowest BCUT2D eigenvalue weighted by Gasteiger charge is -2.38. The molecule has 1 aromatic carbocycles. The van der Waals surface area contributed by atoms with Crippen molar-refractivity contribution >= 4 is 17.5 Å². The maximum absolute atomic E-state index is 12.9. The second-order valence-corrected chi connectivity index (χ2v) is 6.05. The summed E-state index contributed by atoms with van der Waals surface area (Å²) < 4.78 is 10.7. The van der Waals surface area contributed by atoms with Gasteiger partial charge in [0.25, 0.3) is 5.91 Å². The van der Waals surface area contributed by atoms with Crippen LogP contribution in [0.1, 0.15) is 19.8 Å². The van der Waals surface area contributed by atoms with E-state index in [4.69, 9.17) is 9.47 Å². The minimum atomic E-state index is -0.836. The fourth-order valence-corrected chi connectivity index (χ4v) is 3.03. The number of methoxy groups -OCH3 is 2. The molecule has 1 aliphatic rings. The Morgan fingerprint density at radius 1 is 1.28 bits per heavy atom. The molecule has 0 radical (unpaired) electrons. The summed E-state index contributed by atoms with van der Waals surface area (Å²) in [7, 11) is 3.13. The summed E-state index contributed by atoms with van der Waals surface area (Å²) in [4.78, 5) is 26.9. The van der Waals surface area contributed by atoms with Gasteiger partial charge in [0.05, 0.1) is 13.7 Å². The first-order chi connectivity index (χ1) is 12.0. The van der Waals surface area contributed by atoms with Crippen molar-refractivity contribution in [2.75, 3.05) is 45.7 Å². The topological polar surface area (TPSA) is 79.9 Å². The fraction of sp³-hybridized carbons (Fsp3) is 0.556. The Hall–Kier alpha value is -2.12. The van der Waals surface area contributed by atoms with Crippen LogP contribution in [0.2, 0.25) is 0 Å². The van der Waals surface area contributed by atoms with E-state index in [9.17, 15) is 9.59 Å². The molecule has 0 bridgehead atoms. The first-order valence-electron chi connectivity index (χ1n) is 8.54. The number of anilines is 1. The number of likely N-dealkylation sites (N-methyl/N-ethyl adjacent to an activating group) is 1. The van der Waals surface area contributed by atoms with Crippen LogP contribution in [0.25, 0.3) is 0 Å². The van der Waals surface area contributed by atoms with Crippen molar-refractivity contribution in [2.45, 2.75) is 25.4 Å². The Bertz CT molecular complexity index is 600. The highest BCUT2D eigenvalue weighted by atomic mass is 16.5. The lowest BCUT2D eigenvalue weighted by Crippen LogP contribution is -2.56. The van der Waals surface area contributed by atoms with Crippen molar-refractivity contribution in [3.63, 3.8) is 0 Å². The highest BCUT2D eigenvalue weighted by Crippen LogP contribution is 2.25. The predicted octanol–water partition coefficient (Wildman–Crippen LogP) is 1.25.